The largest absolute Gasteiger partial charge is 0.476 e. The molecule has 2 rings (SSSR count). The number of aromatic carboxylic acids is 1. The van der Waals surface area contributed by atoms with Crippen molar-refractivity contribution in [3.05, 3.63) is 17.7 Å². The summed E-state index contributed by atoms with van der Waals surface area (Å²) in [5.41, 5.74) is -0.0834. The number of nitrogens with zero attached hydrogens (tertiary/aromatic N) is 2. The fraction of sp³-hybridized carbons (Fsp3) is 0.545. The van der Waals surface area contributed by atoms with Crippen LogP contribution in [0.25, 0.3) is 0 Å². The molecule has 0 saturated heterocycles. The second-order valence-corrected chi connectivity index (χ2v) is 4.61. The van der Waals surface area contributed by atoms with Gasteiger partial charge in [-0.25, -0.2) is 9.78 Å². The third kappa shape index (κ3) is 3.09. The number of imidazole rings is 1. The Morgan fingerprint density at radius 2 is 2.20 bits per heavy atom. The zero-order chi connectivity index (χ0) is 14.9. The molecule has 9 heteroatoms. The van der Waals surface area contributed by atoms with Gasteiger partial charge in [-0.1, -0.05) is 0 Å². The van der Waals surface area contributed by atoms with Crippen molar-refractivity contribution in [3.63, 3.8) is 0 Å². The van der Waals surface area contributed by atoms with Gasteiger partial charge in [0.15, 0.2) is 5.69 Å². The molecule has 0 bridgehead atoms. The Balaban J connectivity index is 1.94. The summed E-state index contributed by atoms with van der Waals surface area (Å²) in [6, 6.07) is 0. The number of carbonyl (C=O) groups is 2. The van der Waals surface area contributed by atoms with E-state index in [0.29, 0.717) is 25.2 Å². The number of halogens is 3. The molecule has 20 heavy (non-hydrogen) atoms. The molecule has 110 valence electrons. The maximum Gasteiger partial charge on any atom is 0.471 e. The van der Waals surface area contributed by atoms with E-state index in [1.165, 1.54) is 6.20 Å². The van der Waals surface area contributed by atoms with Gasteiger partial charge in [-0.15, -0.1) is 0 Å². The molecular formula is C11H12F3N3O3. The summed E-state index contributed by atoms with van der Waals surface area (Å²) in [4.78, 5) is 25.4. The Hall–Kier alpha value is -2.06. The van der Waals surface area contributed by atoms with Gasteiger partial charge in [0.05, 0.1) is 0 Å². The second-order valence-electron chi connectivity index (χ2n) is 4.61. The molecular weight excluding hydrogens is 279 g/mol. The minimum absolute atomic E-state index is 0.0834. The van der Waals surface area contributed by atoms with Crippen LogP contribution in [-0.2, 0) is 17.8 Å². The minimum atomic E-state index is -4.88. The summed E-state index contributed by atoms with van der Waals surface area (Å²) >= 11 is 0. The molecule has 2 heterocycles. The molecule has 0 aromatic carbocycles. The number of hydrogen-bond acceptors (Lipinski definition) is 3. The van der Waals surface area contributed by atoms with Crippen molar-refractivity contribution < 1.29 is 27.9 Å². The molecule has 1 aromatic heterocycles. The molecule has 1 unspecified atom stereocenters. The van der Waals surface area contributed by atoms with E-state index >= 15 is 0 Å². The third-order valence-electron chi connectivity index (χ3n) is 3.12. The van der Waals surface area contributed by atoms with Crippen LogP contribution >= 0.6 is 0 Å². The van der Waals surface area contributed by atoms with Gasteiger partial charge in [0.2, 0.25) is 0 Å². The van der Waals surface area contributed by atoms with E-state index in [2.05, 4.69) is 4.98 Å². The fourth-order valence-electron chi connectivity index (χ4n) is 2.12. The molecule has 1 amide bonds. The van der Waals surface area contributed by atoms with Crippen LogP contribution in [0.2, 0.25) is 0 Å². The average molecular weight is 291 g/mol. The number of alkyl halides is 3. The quantitative estimate of drug-likeness (QED) is 0.863. The molecule has 1 aromatic rings. The Kier molecular flexibility index (Phi) is 3.69. The van der Waals surface area contributed by atoms with Crippen molar-refractivity contribution in [2.45, 2.75) is 25.6 Å². The number of aromatic nitrogens is 2. The van der Waals surface area contributed by atoms with Gasteiger partial charge >= 0.3 is 18.1 Å². The number of nitrogens with one attached hydrogen (secondary N) is 1. The first kappa shape index (κ1) is 14.4. The van der Waals surface area contributed by atoms with Crippen LogP contribution < -0.4 is 5.32 Å². The number of rotatable bonds is 3. The molecule has 0 saturated carbocycles. The molecule has 6 nitrogen and oxygen atoms in total. The van der Waals surface area contributed by atoms with Gasteiger partial charge in [-0.05, 0) is 12.3 Å². The molecule has 0 spiro atoms. The van der Waals surface area contributed by atoms with Gasteiger partial charge in [0.25, 0.3) is 0 Å². The summed E-state index contributed by atoms with van der Waals surface area (Å²) in [5.74, 6) is -2.68. The summed E-state index contributed by atoms with van der Waals surface area (Å²) in [6.45, 7) is 0.242. The van der Waals surface area contributed by atoms with Crippen molar-refractivity contribution in [2.75, 3.05) is 6.54 Å². The summed E-state index contributed by atoms with van der Waals surface area (Å²) < 4.78 is 37.7. The number of carboxylic acids is 1. The third-order valence-corrected chi connectivity index (χ3v) is 3.12. The van der Waals surface area contributed by atoms with Crippen LogP contribution in [0, 0.1) is 5.92 Å². The first-order valence-electron chi connectivity index (χ1n) is 5.91. The predicted octanol–water partition coefficient (Wildman–Crippen LogP) is 0.822. The van der Waals surface area contributed by atoms with Crippen LogP contribution in [0.3, 0.4) is 0 Å². The highest BCUT2D eigenvalue weighted by Gasteiger charge is 2.38. The Morgan fingerprint density at radius 3 is 2.80 bits per heavy atom. The van der Waals surface area contributed by atoms with Gasteiger partial charge in [0.1, 0.15) is 5.82 Å². The minimum Gasteiger partial charge on any atom is -0.476 e. The second kappa shape index (κ2) is 5.14. The Labute approximate surface area is 111 Å². The average Bonchev–Trinajstić information content (AvgIpc) is 2.77. The van der Waals surface area contributed by atoms with Crippen LogP contribution in [0.15, 0.2) is 6.20 Å². The molecule has 0 aliphatic carbocycles. The van der Waals surface area contributed by atoms with E-state index in [9.17, 15) is 22.8 Å². The fourth-order valence-corrected chi connectivity index (χ4v) is 2.12. The highest BCUT2D eigenvalue weighted by Crippen LogP contribution is 2.20. The SMILES string of the molecule is O=C(O)c1cn2c(n1)CCC(CNC(=O)C(F)(F)F)C2. The number of carboxylic acid groups (broad SMARTS) is 1. The van der Waals surface area contributed by atoms with Crippen LogP contribution in [0.1, 0.15) is 22.7 Å². The van der Waals surface area contributed by atoms with Crippen molar-refractivity contribution in [2.24, 2.45) is 5.92 Å². The Morgan fingerprint density at radius 1 is 1.50 bits per heavy atom. The van der Waals surface area contributed by atoms with Gasteiger partial charge in [-0.3, -0.25) is 4.79 Å². The first-order chi connectivity index (χ1) is 9.27. The maximum atomic E-state index is 12.0. The lowest BCUT2D eigenvalue weighted by Crippen LogP contribution is -2.40. The van der Waals surface area contributed by atoms with Gasteiger partial charge < -0.3 is 15.0 Å². The molecule has 1 aliphatic heterocycles. The van der Waals surface area contributed by atoms with Crippen molar-refractivity contribution in [1.82, 2.24) is 14.9 Å². The van der Waals surface area contributed by atoms with E-state index in [0.717, 1.165) is 0 Å². The topological polar surface area (TPSA) is 84.2 Å². The summed E-state index contributed by atoms with van der Waals surface area (Å²) in [7, 11) is 0. The van der Waals surface area contributed by atoms with Crippen LogP contribution in [0.5, 0.6) is 0 Å². The lowest BCUT2D eigenvalue weighted by molar-refractivity contribution is -0.173. The maximum absolute atomic E-state index is 12.0. The van der Waals surface area contributed by atoms with Gasteiger partial charge in [-0.2, -0.15) is 13.2 Å². The Bertz CT molecular complexity index is 539. The highest BCUT2D eigenvalue weighted by molar-refractivity contribution is 5.85. The van der Waals surface area contributed by atoms with E-state index in [-0.39, 0.29) is 18.2 Å². The van der Waals surface area contributed by atoms with Crippen molar-refractivity contribution in [3.8, 4) is 0 Å². The standard InChI is InChI=1S/C11H12F3N3O3/c12-11(13,14)10(20)15-3-6-1-2-8-16-7(9(18)19)5-17(8)4-6/h5-6H,1-4H2,(H,15,20)(H,18,19). The van der Waals surface area contributed by atoms with E-state index in [1.54, 1.807) is 4.57 Å². The molecule has 0 radical (unpaired) electrons. The molecule has 2 N–H and O–H groups in total. The number of aryl methyl sites for hydroxylation is 1. The normalized spacial score (nSPS) is 18.4. The number of carbonyl (C=O) groups excluding carboxylic acids is 1. The zero-order valence-electron chi connectivity index (χ0n) is 10.3. The zero-order valence-corrected chi connectivity index (χ0v) is 10.3. The highest BCUT2D eigenvalue weighted by atomic mass is 19.4. The van der Waals surface area contributed by atoms with Crippen LogP contribution in [-0.4, -0.2) is 39.3 Å². The smallest absolute Gasteiger partial charge is 0.471 e. The first-order valence-corrected chi connectivity index (χ1v) is 5.91. The van der Waals surface area contributed by atoms with E-state index in [4.69, 9.17) is 5.11 Å². The van der Waals surface area contributed by atoms with E-state index < -0.39 is 18.1 Å². The lowest BCUT2D eigenvalue weighted by atomic mass is 9.99. The number of hydrogen-bond donors (Lipinski definition) is 2. The van der Waals surface area contributed by atoms with Gasteiger partial charge in [0, 0.05) is 25.7 Å². The monoisotopic (exact) mass is 291 g/mol. The number of amides is 1. The summed E-state index contributed by atoms with van der Waals surface area (Å²) in [5, 5.41) is 10.6. The lowest BCUT2D eigenvalue weighted by Gasteiger charge is -2.24. The molecule has 0 fully saturated rings. The molecule has 1 aliphatic rings. The van der Waals surface area contributed by atoms with Crippen LogP contribution in [0.4, 0.5) is 13.2 Å². The number of fused-ring (bicyclic) bond motifs is 1. The summed E-state index contributed by atoms with van der Waals surface area (Å²) in [6.07, 6.45) is -2.51. The molecule has 1 atom stereocenters. The predicted molar refractivity (Wildman–Crippen MR) is 60.1 cm³/mol. The van der Waals surface area contributed by atoms with Crippen molar-refractivity contribution >= 4 is 11.9 Å². The van der Waals surface area contributed by atoms with Crippen molar-refractivity contribution in [1.29, 1.82) is 0 Å². The van der Waals surface area contributed by atoms with E-state index in [1.807, 2.05) is 5.32 Å².